The predicted octanol–water partition coefficient (Wildman–Crippen LogP) is 3.35. The standard InChI is InChI=1S/C15H20N2O/c1-12(2)10-18-11-14-4-6-15(7-5-14)17-9-8-16-13(17)3/h4-9,12H,10-11H2,1-3H3. The van der Waals surface area contributed by atoms with Crippen molar-refractivity contribution < 1.29 is 4.74 Å². The van der Waals surface area contributed by atoms with Gasteiger partial charge in [-0.15, -0.1) is 0 Å². The highest BCUT2D eigenvalue weighted by Crippen LogP contribution is 2.12. The molecule has 0 saturated heterocycles. The maximum absolute atomic E-state index is 5.62. The van der Waals surface area contributed by atoms with Crippen LogP contribution in [0.1, 0.15) is 25.2 Å². The number of aryl methyl sites for hydroxylation is 1. The molecule has 3 nitrogen and oxygen atoms in total. The molecule has 0 radical (unpaired) electrons. The summed E-state index contributed by atoms with van der Waals surface area (Å²) in [5.74, 6) is 1.58. The first kappa shape index (κ1) is 12.8. The lowest BCUT2D eigenvalue weighted by Gasteiger charge is -2.08. The van der Waals surface area contributed by atoms with Gasteiger partial charge in [0.05, 0.1) is 6.61 Å². The van der Waals surface area contributed by atoms with Crippen molar-refractivity contribution in [1.29, 1.82) is 0 Å². The van der Waals surface area contributed by atoms with Crippen LogP contribution in [0.4, 0.5) is 0 Å². The van der Waals surface area contributed by atoms with Crippen molar-refractivity contribution >= 4 is 0 Å². The summed E-state index contributed by atoms with van der Waals surface area (Å²) in [5, 5.41) is 0. The molecule has 18 heavy (non-hydrogen) atoms. The molecule has 0 fully saturated rings. The van der Waals surface area contributed by atoms with E-state index in [1.54, 1.807) is 0 Å². The number of nitrogens with zero attached hydrogens (tertiary/aromatic N) is 2. The zero-order chi connectivity index (χ0) is 13.0. The van der Waals surface area contributed by atoms with E-state index in [0.29, 0.717) is 12.5 Å². The average Bonchev–Trinajstić information content (AvgIpc) is 2.76. The number of imidazole rings is 1. The number of aromatic nitrogens is 2. The monoisotopic (exact) mass is 244 g/mol. The van der Waals surface area contributed by atoms with Crippen LogP contribution >= 0.6 is 0 Å². The van der Waals surface area contributed by atoms with E-state index < -0.39 is 0 Å². The van der Waals surface area contributed by atoms with Gasteiger partial charge >= 0.3 is 0 Å². The van der Waals surface area contributed by atoms with E-state index in [-0.39, 0.29) is 0 Å². The lowest BCUT2D eigenvalue weighted by Crippen LogP contribution is -2.02. The molecule has 0 N–H and O–H groups in total. The van der Waals surface area contributed by atoms with E-state index >= 15 is 0 Å². The normalized spacial score (nSPS) is 11.1. The van der Waals surface area contributed by atoms with Gasteiger partial charge in [-0.25, -0.2) is 4.98 Å². The molecule has 0 aliphatic carbocycles. The zero-order valence-electron chi connectivity index (χ0n) is 11.3. The summed E-state index contributed by atoms with van der Waals surface area (Å²) in [5.41, 5.74) is 2.34. The Labute approximate surface area is 108 Å². The quantitative estimate of drug-likeness (QED) is 0.806. The zero-order valence-corrected chi connectivity index (χ0v) is 11.3. The molecule has 0 saturated carbocycles. The lowest BCUT2D eigenvalue weighted by atomic mass is 10.2. The Bertz CT molecular complexity index is 485. The number of benzene rings is 1. The van der Waals surface area contributed by atoms with E-state index in [4.69, 9.17) is 4.74 Å². The molecule has 0 atom stereocenters. The van der Waals surface area contributed by atoms with Crippen molar-refractivity contribution in [3.63, 3.8) is 0 Å². The minimum absolute atomic E-state index is 0.581. The van der Waals surface area contributed by atoms with Crippen molar-refractivity contribution in [3.8, 4) is 5.69 Å². The highest BCUT2D eigenvalue weighted by Gasteiger charge is 2.01. The first-order valence-electron chi connectivity index (χ1n) is 6.34. The minimum Gasteiger partial charge on any atom is -0.377 e. The number of hydrogen-bond donors (Lipinski definition) is 0. The summed E-state index contributed by atoms with van der Waals surface area (Å²) in [4.78, 5) is 4.22. The molecular weight excluding hydrogens is 224 g/mol. The van der Waals surface area contributed by atoms with E-state index in [0.717, 1.165) is 18.1 Å². The van der Waals surface area contributed by atoms with Crippen molar-refractivity contribution in [3.05, 3.63) is 48.0 Å². The van der Waals surface area contributed by atoms with E-state index in [1.807, 2.05) is 19.3 Å². The summed E-state index contributed by atoms with van der Waals surface area (Å²) in [6.45, 7) is 7.80. The third-order valence-electron chi connectivity index (χ3n) is 2.76. The van der Waals surface area contributed by atoms with Gasteiger partial charge in [0.2, 0.25) is 0 Å². The Hall–Kier alpha value is -1.61. The molecule has 1 aromatic carbocycles. The van der Waals surface area contributed by atoms with Crippen molar-refractivity contribution in [2.24, 2.45) is 5.92 Å². The molecule has 2 aromatic rings. The largest absolute Gasteiger partial charge is 0.377 e. The van der Waals surface area contributed by atoms with Gasteiger partial charge in [0.15, 0.2) is 0 Å². The number of rotatable bonds is 5. The van der Waals surface area contributed by atoms with E-state index in [2.05, 4.69) is 47.7 Å². The van der Waals surface area contributed by atoms with Gasteiger partial charge in [0.25, 0.3) is 0 Å². The van der Waals surface area contributed by atoms with Crippen LogP contribution in [-0.2, 0) is 11.3 Å². The molecule has 2 rings (SSSR count). The summed E-state index contributed by atoms with van der Waals surface area (Å²) < 4.78 is 7.68. The lowest BCUT2D eigenvalue weighted by molar-refractivity contribution is 0.0971. The minimum atomic E-state index is 0.581. The smallest absolute Gasteiger partial charge is 0.110 e. The Kier molecular flexibility index (Phi) is 4.15. The summed E-state index contributed by atoms with van der Waals surface area (Å²) in [6, 6.07) is 8.41. The van der Waals surface area contributed by atoms with Crippen LogP contribution in [0.5, 0.6) is 0 Å². The van der Waals surface area contributed by atoms with Crippen LogP contribution in [0.2, 0.25) is 0 Å². The molecular formula is C15H20N2O. The molecule has 0 amide bonds. The van der Waals surface area contributed by atoms with Gasteiger partial charge in [-0.05, 0) is 30.5 Å². The van der Waals surface area contributed by atoms with Gasteiger partial charge in [-0.3, -0.25) is 0 Å². The molecule has 0 aliphatic rings. The first-order valence-corrected chi connectivity index (χ1v) is 6.34. The van der Waals surface area contributed by atoms with Crippen molar-refractivity contribution in [1.82, 2.24) is 9.55 Å². The second-order valence-electron chi connectivity index (χ2n) is 4.92. The van der Waals surface area contributed by atoms with Crippen molar-refractivity contribution in [2.75, 3.05) is 6.61 Å². The number of ether oxygens (including phenoxy) is 1. The van der Waals surface area contributed by atoms with E-state index in [9.17, 15) is 0 Å². The fourth-order valence-corrected chi connectivity index (χ4v) is 1.82. The molecule has 0 spiro atoms. The van der Waals surface area contributed by atoms with Crippen LogP contribution in [0.25, 0.3) is 5.69 Å². The van der Waals surface area contributed by atoms with Crippen LogP contribution in [0.3, 0.4) is 0 Å². The van der Waals surface area contributed by atoms with Gasteiger partial charge in [-0.1, -0.05) is 26.0 Å². The molecule has 0 bridgehead atoms. The number of hydrogen-bond acceptors (Lipinski definition) is 2. The summed E-state index contributed by atoms with van der Waals surface area (Å²) >= 11 is 0. The topological polar surface area (TPSA) is 27.1 Å². The second kappa shape index (κ2) is 5.83. The van der Waals surface area contributed by atoms with Gasteiger partial charge in [0.1, 0.15) is 5.82 Å². The predicted molar refractivity (Wildman–Crippen MR) is 72.8 cm³/mol. The van der Waals surface area contributed by atoms with E-state index in [1.165, 1.54) is 5.56 Å². The van der Waals surface area contributed by atoms with Crippen LogP contribution in [0, 0.1) is 12.8 Å². The Balaban J connectivity index is 2.00. The highest BCUT2D eigenvalue weighted by atomic mass is 16.5. The Morgan fingerprint density at radius 1 is 1.22 bits per heavy atom. The van der Waals surface area contributed by atoms with Gasteiger partial charge in [0, 0.05) is 24.7 Å². The Morgan fingerprint density at radius 2 is 1.94 bits per heavy atom. The molecule has 3 heteroatoms. The fraction of sp³-hybridized carbons (Fsp3) is 0.400. The maximum atomic E-state index is 5.62. The highest BCUT2D eigenvalue weighted by molar-refractivity contribution is 5.35. The van der Waals surface area contributed by atoms with Crippen LogP contribution in [-0.4, -0.2) is 16.2 Å². The fourth-order valence-electron chi connectivity index (χ4n) is 1.82. The third kappa shape index (κ3) is 3.20. The molecule has 1 aromatic heterocycles. The van der Waals surface area contributed by atoms with Crippen molar-refractivity contribution in [2.45, 2.75) is 27.4 Å². The average molecular weight is 244 g/mol. The van der Waals surface area contributed by atoms with Crippen LogP contribution in [0.15, 0.2) is 36.7 Å². The first-order chi connectivity index (χ1) is 8.66. The third-order valence-corrected chi connectivity index (χ3v) is 2.76. The summed E-state index contributed by atoms with van der Waals surface area (Å²) in [6.07, 6.45) is 3.79. The summed E-state index contributed by atoms with van der Waals surface area (Å²) in [7, 11) is 0. The van der Waals surface area contributed by atoms with Gasteiger partial charge < -0.3 is 9.30 Å². The molecule has 0 aliphatic heterocycles. The second-order valence-corrected chi connectivity index (χ2v) is 4.92. The molecule has 96 valence electrons. The molecule has 1 heterocycles. The van der Waals surface area contributed by atoms with Crippen LogP contribution < -0.4 is 0 Å². The Morgan fingerprint density at radius 3 is 2.50 bits per heavy atom. The van der Waals surface area contributed by atoms with Gasteiger partial charge in [-0.2, -0.15) is 0 Å². The SMILES string of the molecule is Cc1nccn1-c1ccc(COCC(C)C)cc1. The molecule has 0 unspecified atom stereocenters. The maximum Gasteiger partial charge on any atom is 0.110 e.